The molecule has 0 aliphatic carbocycles. The van der Waals surface area contributed by atoms with E-state index in [2.05, 4.69) is 22.5 Å². The number of aliphatic hydroxyl groups excluding tert-OH is 1. The van der Waals surface area contributed by atoms with Crippen LogP contribution in [0, 0.1) is 11.7 Å². The number of rotatable bonds is 11. The van der Waals surface area contributed by atoms with Gasteiger partial charge in [-0.05, 0) is 56.2 Å². The summed E-state index contributed by atoms with van der Waals surface area (Å²) in [5.74, 6) is 1.07. The summed E-state index contributed by atoms with van der Waals surface area (Å²) in [5.41, 5.74) is 1.02. The molecule has 3 N–H and O–H groups in total. The van der Waals surface area contributed by atoms with E-state index in [0.29, 0.717) is 5.92 Å². The van der Waals surface area contributed by atoms with Crippen molar-refractivity contribution in [2.24, 2.45) is 10.9 Å². The lowest BCUT2D eigenvalue weighted by Crippen LogP contribution is -2.38. The van der Waals surface area contributed by atoms with Crippen molar-refractivity contribution in [3.63, 3.8) is 0 Å². The van der Waals surface area contributed by atoms with E-state index in [9.17, 15) is 4.39 Å². The lowest BCUT2D eigenvalue weighted by Gasteiger charge is -2.15. The highest BCUT2D eigenvalue weighted by Crippen LogP contribution is 2.11. The highest BCUT2D eigenvalue weighted by molar-refractivity contribution is 14.0. The van der Waals surface area contributed by atoms with Gasteiger partial charge < -0.3 is 15.7 Å². The smallest absolute Gasteiger partial charge is 0.191 e. The van der Waals surface area contributed by atoms with Gasteiger partial charge in [-0.25, -0.2) is 4.39 Å². The topological polar surface area (TPSA) is 56.7 Å². The van der Waals surface area contributed by atoms with Gasteiger partial charge in [0.25, 0.3) is 0 Å². The molecule has 0 aliphatic heterocycles. The molecule has 1 aromatic carbocycles. The first-order valence-electron chi connectivity index (χ1n) is 9.07. The van der Waals surface area contributed by atoms with Crippen LogP contribution < -0.4 is 10.6 Å². The molecule has 1 rings (SSSR count). The number of hydrogen-bond donors (Lipinski definition) is 3. The third-order valence-corrected chi connectivity index (χ3v) is 3.91. The number of guanidine groups is 1. The van der Waals surface area contributed by atoms with Gasteiger partial charge in [-0.1, -0.05) is 25.5 Å². The SMILES string of the molecule is CCCC(CCO)CN=C(NCC)NCCCc1cccc(F)c1.I. The maximum atomic E-state index is 13.1. The monoisotopic (exact) mass is 465 g/mol. The van der Waals surface area contributed by atoms with Crippen LogP contribution in [0.25, 0.3) is 0 Å². The molecule has 0 saturated heterocycles. The second-order valence-corrected chi connectivity index (χ2v) is 6.05. The zero-order chi connectivity index (χ0) is 17.6. The van der Waals surface area contributed by atoms with Gasteiger partial charge >= 0.3 is 0 Å². The van der Waals surface area contributed by atoms with E-state index in [1.54, 1.807) is 12.1 Å². The second-order valence-electron chi connectivity index (χ2n) is 6.05. The van der Waals surface area contributed by atoms with Crippen molar-refractivity contribution < 1.29 is 9.50 Å². The minimum Gasteiger partial charge on any atom is -0.396 e. The Hall–Kier alpha value is -0.890. The molecule has 0 aliphatic rings. The standard InChI is InChI=1S/C19H32FN3O.HI/c1-3-7-17(11-13-24)15-23-19(21-4-2)22-12-6-9-16-8-5-10-18(20)14-16;/h5,8,10,14,17,24H,3-4,6-7,9,11-13,15H2,1-2H3,(H2,21,22,23);1H. The van der Waals surface area contributed by atoms with Gasteiger partial charge in [0.05, 0.1) is 0 Å². The predicted molar refractivity (Wildman–Crippen MR) is 114 cm³/mol. The highest BCUT2D eigenvalue weighted by Gasteiger charge is 2.07. The highest BCUT2D eigenvalue weighted by atomic mass is 127. The van der Waals surface area contributed by atoms with Crippen molar-refractivity contribution in [1.82, 2.24) is 10.6 Å². The summed E-state index contributed by atoms with van der Waals surface area (Å²) in [7, 11) is 0. The van der Waals surface area contributed by atoms with E-state index in [0.717, 1.165) is 63.3 Å². The number of hydrogen-bond acceptors (Lipinski definition) is 2. The zero-order valence-electron chi connectivity index (χ0n) is 15.4. The molecular weight excluding hydrogens is 432 g/mol. The minimum absolute atomic E-state index is 0. The second kappa shape index (κ2) is 15.4. The summed E-state index contributed by atoms with van der Waals surface area (Å²) in [4.78, 5) is 4.63. The molecule has 4 nitrogen and oxygen atoms in total. The fourth-order valence-corrected chi connectivity index (χ4v) is 2.67. The van der Waals surface area contributed by atoms with Crippen LogP contribution in [0.15, 0.2) is 29.3 Å². The van der Waals surface area contributed by atoms with E-state index >= 15 is 0 Å². The van der Waals surface area contributed by atoms with Gasteiger partial charge in [0.15, 0.2) is 5.96 Å². The van der Waals surface area contributed by atoms with Crippen molar-refractivity contribution >= 4 is 29.9 Å². The summed E-state index contributed by atoms with van der Waals surface area (Å²) in [6.45, 7) is 6.76. The molecule has 6 heteroatoms. The van der Waals surface area contributed by atoms with Gasteiger partial charge in [0.1, 0.15) is 5.82 Å². The molecule has 1 atom stereocenters. The number of nitrogens with zero attached hydrogens (tertiary/aromatic N) is 1. The Morgan fingerprint density at radius 1 is 1.24 bits per heavy atom. The average Bonchev–Trinajstić information content (AvgIpc) is 2.56. The summed E-state index contributed by atoms with van der Waals surface area (Å²) >= 11 is 0. The van der Waals surface area contributed by atoms with Crippen LogP contribution >= 0.6 is 24.0 Å². The first-order valence-corrected chi connectivity index (χ1v) is 9.07. The molecule has 0 heterocycles. The average molecular weight is 465 g/mol. The Morgan fingerprint density at radius 3 is 2.68 bits per heavy atom. The Balaban J connectivity index is 0.00000576. The number of halogens is 2. The predicted octanol–water partition coefficient (Wildman–Crippen LogP) is 3.73. The molecule has 0 radical (unpaired) electrons. The van der Waals surface area contributed by atoms with Crippen molar-refractivity contribution in [2.45, 2.75) is 46.0 Å². The van der Waals surface area contributed by atoms with Crippen molar-refractivity contribution in [3.05, 3.63) is 35.6 Å². The molecule has 0 amide bonds. The molecule has 144 valence electrons. The maximum Gasteiger partial charge on any atom is 0.191 e. The Labute approximate surface area is 168 Å². The molecule has 25 heavy (non-hydrogen) atoms. The van der Waals surface area contributed by atoms with Gasteiger partial charge in [-0.15, -0.1) is 24.0 Å². The molecule has 1 aromatic rings. The number of benzene rings is 1. The third-order valence-electron chi connectivity index (χ3n) is 3.91. The Morgan fingerprint density at radius 2 is 2.04 bits per heavy atom. The van der Waals surface area contributed by atoms with Gasteiger partial charge in [0, 0.05) is 26.2 Å². The Kier molecular flexibility index (Phi) is 14.8. The van der Waals surface area contributed by atoms with Gasteiger partial charge in [-0.3, -0.25) is 4.99 Å². The molecule has 0 fully saturated rings. The summed E-state index contributed by atoms with van der Waals surface area (Å²) in [5, 5.41) is 15.7. The normalized spacial score (nSPS) is 12.4. The van der Waals surface area contributed by atoms with Gasteiger partial charge in [-0.2, -0.15) is 0 Å². The van der Waals surface area contributed by atoms with Crippen LogP contribution in [0.2, 0.25) is 0 Å². The lowest BCUT2D eigenvalue weighted by molar-refractivity contribution is 0.253. The Bertz CT molecular complexity index is 479. The molecule has 0 aromatic heterocycles. The number of aliphatic imine (C=N–C) groups is 1. The first-order chi connectivity index (χ1) is 11.7. The van der Waals surface area contributed by atoms with Crippen molar-refractivity contribution in [2.75, 3.05) is 26.2 Å². The first kappa shape index (κ1) is 24.1. The number of aryl methyl sites for hydroxylation is 1. The van der Waals surface area contributed by atoms with Crippen LogP contribution in [0.4, 0.5) is 4.39 Å². The van der Waals surface area contributed by atoms with Crippen LogP contribution in [0.1, 0.15) is 45.1 Å². The van der Waals surface area contributed by atoms with E-state index in [1.165, 1.54) is 6.07 Å². The number of aliphatic hydroxyl groups is 1. The van der Waals surface area contributed by atoms with Crippen LogP contribution in [-0.2, 0) is 6.42 Å². The van der Waals surface area contributed by atoms with Crippen LogP contribution in [0.5, 0.6) is 0 Å². The molecular formula is C19H33FIN3O. The van der Waals surface area contributed by atoms with Crippen molar-refractivity contribution in [3.8, 4) is 0 Å². The van der Waals surface area contributed by atoms with E-state index in [1.807, 2.05) is 13.0 Å². The lowest BCUT2D eigenvalue weighted by atomic mass is 10.0. The quantitative estimate of drug-likeness (QED) is 0.202. The van der Waals surface area contributed by atoms with E-state index in [4.69, 9.17) is 5.11 Å². The molecule has 0 bridgehead atoms. The van der Waals surface area contributed by atoms with E-state index < -0.39 is 0 Å². The molecule has 1 unspecified atom stereocenters. The van der Waals surface area contributed by atoms with Crippen LogP contribution in [-0.4, -0.2) is 37.3 Å². The zero-order valence-corrected chi connectivity index (χ0v) is 17.8. The summed E-state index contributed by atoms with van der Waals surface area (Å²) in [6, 6.07) is 6.76. The summed E-state index contributed by atoms with van der Waals surface area (Å²) < 4.78 is 13.1. The molecule has 0 spiro atoms. The largest absolute Gasteiger partial charge is 0.396 e. The fraction of sp³-hybridized carbons (Fsp3) is 0.632. The number of nitrogens with one attached hydrogen (secondary N) is 2. The van der Waals surface area contributed by atoms with E-state index in [-0.39, 0.29) is 36.4 Å². The van der Waals surface area contributed by atoms with Crippen LogP contribution in [0.3, 0.4) is 0 Å². The van der Waals surface area contributed by atoms with Gasteiger partial charge in [0.2, 0.25) is 0 Å². The van der Waals surface area contributed by atoms with Crippen molar-refractivity contribution in [1.29, 1.82) is 0 Å². The summed E-state index contributed by atoms with van der Waals surface area (Å²) in [6.07, 6.45) is 4.76. The molecule has 0 saturated carbocycles. The maximum absolute atomic E-state index is 13.1. The minimum atomic E-state index is -0.179. The fourth-order valence-electron chi connectivity index (χ4n) is 2.67. The third kappa shape index (κ3) is 11.4.